The highest BCUT2D eigenvalue weighted by molar-refractivity contribution is 5.94. The van der Waals surface area contributed by atoms with E-state index in [1.54, 1.807) is 25.4 Å². The number of pyridine rings is 1. The molecule has 0 bridgehead atoms. The maximum Gasteiger partial charge on any atom is 0.251 e. The quantitative estimate of drug-likeness (QED) is 0.614. The second-order valence-corrected chi connectivity index (χ2v) is 3.86. The highest BCUT2D eigenvalue weighted by atomic mass is 16.2. The monoisotopic (exact) mass is 250 g/mol. The summed E-state index contributed by atoms with van der Waals surface area (Å²) in [5.41, 5.74) is 5.58. The van der Waals surface area contributed by atoms with E-state index in [-0.39, 0.29) is 11.8 Å². The molecule has 4 N–H and O–H groups in total. The van der Waals surface area contributed by atoms with E-state index < -0.39 is 0 Å². The molecular formula is C12H18N4O2. The van der Waals surface area contributed by atoms with Gasteiger partial charge in [0.25, 0.3) is 5.91 Å². The third-order valence-electron chi connectivity index (χ3n) is 2.41. The summed E-state index contributed by atoms with van der Waals surface area (Å²) >= 11 is 0. The van der Waals surface area contributed by atoms with Gasteiger partial charge in [0.15, 0.2) is 0 Å². The van der Waals surface area contributed by atoms with E-state index in [1.165, 1.54) is 0 Å². The van der Waals surface area contributed by atoms with E-state index in [0.29, 0.717) is 30.8 Å². The van der Waals surface area contributed by atoms with Crippen LogP contribution >= 0.6 is 0 Å². The molecule has 0 aromatic carbocycles. The maximum atomic E-state index is 11.8. The average molecular weight is 250 g/mol. The van der Waals surface area contributed by atoms with Crippen molar-refractivity contribution in [1.82, 2.24) is 10.3 Å². The van der Waals surface area contributed by atoms with Crippen LogP contribution in [0.5, 0.6) is 0 Å². The molecule has 98 valence electrons. The lowest BCUT2D eigenvalue weighted by Crippen LogP contribution is -2.24. The minimum Gasteiger partial charge on any atom is -0.373 e. The van der Waals surface area contributed by atoms with Crippen LogP contribution in [-0.4, -0.2) is 30.4 Å². The second kappa shape index (κ2) is 7.26. The molecule has 0 unspecified atom stereocenters. The lowest BCUT2D eigenvalue weighted by atomic mass is 10.2. The largest absolute Gasteiger partial charge is 0.373 e. The first kappa shape index (κ1) is 14.0. The van der Waals surface area contributed by atoms with Crippen LogP contribution in [0.4, 0.5) is 5.82 Å². The topological polar surface area (TPSA) is 97.1 Å². The zero-order chi connectivity index (χ0) is 13.4. The van der Waals surface area contributed by atoms with E-state index in [2.05, 4.69) is 15.6 Å². The van der Waals surface area contributed by atoms with Crippen molar-refractivity contribution < 1.29 is 9.59 Å². The van der Waals surface area contributed by atoms with Gasteiger partial charge in [0.05, 0.1) is 0 Å². The molecule has 18 heavy (non-hydrogen) atoms. The number of unbranched alkanes of at least 4 members (excludes halogenated alkanes) is 1. The van der Waals surface area contributed by atoms with Gasteiger partial charge in [-0.2, -0.15) is 0 Å². The van der Waals surface area contributed by atoms with Gasteiger partial charge in [0.2, 0.25) is 5.91 Å². The maximum absolute atomic E-state index is 11.8. The fourth-order valence-corrected chi connectivity index (χ4v) is 1.44. The minimum absolute atomic E-state index is 0.145. The van der Waals surface area contributed by atoms with Crippen LogP contribution in [-0.2, 0) is 4.79 Å². The number of carbonyl (C=O) groups excluding carboxylic acids is 2. The number of nitrogens with two attached hydrogens (primary N) is 1. The van der Waals surface area contributed by atoms with Crippen molar-refractivity contribution in [2.24, 2.45) is 5.73 Å². The van der Waals surface area contributed by atoms with Gasteiger partial charge in [-0.15, -0.1) is 0 Å². The third-order valence-corrected chi connectivity index (χ3v) is 2.41. The van der Waals surface area contributed by atoms with Crippen molar-refractivity contribution >= 4 is 17.6 Å². The Kier molecular flexibility index (Phi) is 5.63. The average Bonchev–Trinajstić information content (AvgIpc) is 2.37. The molecule has 6 heteroatoms. The number of primary amides is 1. The number of nitrogens with zero attached hydrogens (tertiary/aromatic N) is 1. The second-order valence-electron chi connectivity index (χ2n) is 3.86. The number of aromatic nitrogens is 1. The number of anilines is 1. The van der Waals surface area contributed by atoms with E-state index >= 15 is 0 Å². The highest BCUT2D eigenvalue weighted by Crippen LogP contribution is 2.05. The number of carbonyl (C=O) groups is 2. The molecule has 1 heterocycles. The summed E-state index contributed by atoms with van der Waals surface area (Å²) in [6, 6.07) is 3.33. The third kappa shape index (κ3) is 4.82. The van der Waals surface area contributed by atoms with Crippen LogP contribution in [0.2, 0.25) is 0 Å². The number of rotatable bonds is 7. The first-order valence-corrected chi connectivity index (χ1v) is 5.84. The van der Waals surface area contributed by atoms with E-state index in [1.807, 2.05) is 0 Å². The number of nitrogens with one attached hydrogen (secondary N) is 2. The Morgan fingerprint density at radius 2 is 2.17 bits per heavy atom. The zero-order valence-electron chi connectivity index (χ0n) is 10.4. The molecule has 2 amide bonds. The molecule has 1 aromatic rings. The lowest BCUT2D eigenvalue weighted by Gasteiger charge is -2.06. The van der Waals surface area contributed by atoms with Crippen LogP contribution in [0.3, 0.4) is 0 Å². The highest BCUT2D eigenvalue weighted by Gasteiger charge is 2.05. The molecule has 0 radical (unpaired) electrons. The van der Waals surface area contributed by atoms with E-state index in [4.69, 9.17) is 5.73 Å². The van der Waals surface area contributed by atoms with Crippen molar-refractivity contribution in [3.05, 3.63) is 23.9 Å². The predicted molar refractivity (Wildman–Crippen MR) is 69.2 cm³/mol. The first-order chi connectivity index (χ1) is 8.63. The molecule has 0 saturated heterocycles. The van der Waals surface area contributed by atoms with Crippen molar-refractivity contribution in [2.45, 2.75) is 19.3 Å². The number of hydrogen-bond acceptors (Lipinski definition) is 4. The number of hydrogen-bond donors (Lipinski definition) is 3. The molecule has 1 rings (SSSR count). The molecular weight excluding hydrogens is 232 g/mol. The summed E-state index contributed by atoms with van der Waals surface area (Å²) in [5.74, 6) is 0.193. The Labute approximate surface area is 106 Å². The fraction of sp³-hybridized carbons (Fsp3) is 0.417. The molecule has 0 spiro atoms. The predicted octanol–water partition coefficient (Wildman–Crippen LogP) is 0.509. The Morgan fingerprint density at radius 3 is 2.83 bits per heavy atom. The van der Waals surface area contributed by atoms with Crippen LogP contribution in [0, 0.1) is 0 Å². The molecule has 1 aromatic heterocycles. The van der Waals surface area contributed by atoms with Crippen LogP contribution in [0.1, 0.15) is 29.6 Å². The standard InChI is InChI=1S/C12H18N4O2/c1-14-11-8-9(5-7-15-11)12(18)16-6-3-2-4-10(13)17/h5,7-8H,2-4,6H2,1H3,(H2,13,17)(H,14,15)(H,16,18). The molecule has 0 saturated carbocycles. The molecule has 0 aliphatic heterocycles. The Balaban J connectivity index is 2.33. The van der Waals surface area contributed by atoms with Gasteiger partial charge >= 0.3 is 0 Å². The molecule has 0 aliphatic carbocycles. The molecule has 0 atom stereocenters. The summed E-state index contributed by atoms with van der Waals surface area (Å²) in [6.07, 6.45) is 3.36. The summed E-state index contributed by atoms with van der Waals surface area (Å²) in [7, 11) is 1.74. The molecule has 0 fully saturated rings. The summed E-state index contributed by atoms with van der Waals surface area (Å²) in [6.45, 7) is 0.531. The minimum atomic E-state index is -0.311. The van der Waals surface area contributed by atoms with Gasteiger partial charge in [-0.3, -0.25) is 9.59 Å². The Bertz CT molecular complexity index is 420. The van der Waals surface area contributed by atoms with Gasteiger partial charge in [-0.25, -0.2) is 4.98 Å². The summed E-state index contributed by atoms with van der Waals surface area (Å²) < 4.78 is 0. The van der Waals surface area contributed by atoms with Crippen molar-refractivity contribution in [2.75, 3.05) is 18.9 Å². The van der Waals surface area contributed by atoms with Crippen LogP contribution < -0.4 is 16.4 Å². The van der Waals surface area contributed by atoms with E-state index in [9.17, 15) is 9.59 Å². The SMILES string of the molecule is CNc1cc(C(=O)NCCCCC(N)=O)ccn1. The van der Waals surface area contributed by atoms with Crippen molar-refractivity contribution in [3.63, 3.8) is 0 Å². The van der Waals surface area contributed by atoms with Gasteiger partial charge in [-0.1, -0.05) is 0 Å². The van der Waals surface area contributed by atoms with Crippen molar-refractivity contribution in [3.8, 4) is 0 Å². The molecule has 6 nitrogen and oxygen atoms in total. The fourth-order valence-electron chi connectivity index (χ4n) is 1.44. The van der Waals surface area contributed by atoms with Crippen molar-refractivity contribution in [1.29, 1.82) is 0 Å². The Hall–Kier alpha value is -2.11. The summed E-state index contributed by atoms with van der Waals surface area (Å²) in [5, 5.41) is 5.65. The van der Waals surface area contributed by atoms with E-state index in [0.717, 1.165) is 6.42 Å². The zero-order valence-corrected chi connectivity index (χ0v) is 10.4. The van der Waals surface area contributed by atoms with Gasteiger partial charge < -0.3 is 16.4 Å². The first-order valence-electron chi connectivity index (χ1n) is 5.84. The number of amides is 2. The lowest BCUT2D eigenvalue weighted by molar-refractivity contribution is -0.118. The smallest absolute Gasteiger partial charge is 0.251 e. The normalized spacial score (nSPS) is 9.83. The van der Waals surface area contributed by atoms with Gasteiger partial charge in [-0.05, 0) is 25.0 Å². The van der Waals surface area contributed by atoms with Gasteiger partial charge in [0.1, 0.15) is 5.82 Å². The van der Waals surface area contributed by atoms with Crippen LogP contribution in [0.15, 0.2) is 18.3 Å². The van der Waals surface area contributed by atoms with Crippen LogP contribution in [0.25, 0.3) is 0 Å². The van der Waals surface area contributed by atoms with Gasteiger partial charge in [0, 0.05) is 31.8 Å². The molecule has 0 aliphatic rings. The summed E-state index contributed by atoms with van der Waals surface area (Å²) in [4.78, 5) is 26.3. The Morgan fingerprint density at radius 1 is 1.39 bits per heavy atom.